The lowest BCUT2D eigenvalue weighted by Crippen LogP contribution is -2.17. The van der Waals surface area contributed by atoms with Gasteiger partial charge >= 0.3 is 0 Å². The summed E-state index contributed by atoms with van der Waals surface area (Å²) in [4.78, 5) is 9.69. The van der Waals surface area contributed by atoms with Crippen LogP contribution in [0.5, 0.6) is 11.5 Å². The van der Waals surface area contributed by atoms with Gasteiger partial charge in [-0.05, 0) is 91.5 Å². The van der Waals surface area contributed by atoms with E-state index in [1.807, 2.05) is 48.5 Å². The second kappa shape index (κ2) is 10.3. The third kappa shape index (κ3) is 5.03. The molecule has 0 radical (unpaired) electrons. The van der Waals surface area contributed by atoms with Crippen LogP contribution in [-0.4, -0.2) is 24.2 Å². The Hall–Kier alpha value is -2.70. The number of hydrogen-bond acceptors (Lipinski definition) is 4. The molecule has 0 saturated carbocycles. The van der Waals surface area contributed by atoms with Crippen molar-refractivity contribution in [2.75, 3.05) is 14.2 Å². The minimum atomic E-state index is -0.114. The van der Waals surface area contributed by atoms with Crippen molar-refractivity contribution in [1.82, 2.24) is 9.97 Å². The molecule has 0 aliphatic heterocycles. The van der Waals surface area contributed by atoms with Crippen molar-refractivity contribution in [1.29, 1.82) is 0 Å². The van der Waals surface area contributed by atoms with Crippen LogP contribution in [0.2, 0.25) is 0 Å². The van der Waals surface area contributed by atoms with Gasteiger partial charge in [0.2, 0.25) is 0 Å². The van der Waals surface area contributed by atoms with Crippen molar-refractivity contribution < 1.29 is 9.47 Å². The first-order chi connectivity index (χ1) is 15.6. The van der Waals surface area contributed by atoms with Gasteiger partial charge in [0.25, 0.3) is 0 Å². The molecule has 2 heterocycles. The molecule has 0 spiro atoms. The summed E-state index contributed by atoms with van der Waals surface area (Å²) in [6.45, 7) is 0. The SMILES string of the molecule is COc1cccc([C@H](c2cccc(Br)n2)[C@H](c2cccc(OC)c2)c2cccc(Br)n2)c1. The molecule has 2 aromatic carbocycles. The largest absolute Gasteiger partial charge is 0.497 e. The monoisotopic (exact) mass is 552 g/mol. The molecule has 162 valence electrons. The molecular formula is C26H22Br2N2O2. The molecule has 0 bridgehead atoms. The first kappa shape index (κ1) is 22.5. The van der Waals surface area contributed by atoms with Crippen LogP contribution in [0.1, 0.15) is 34.4 Å². The van der Waals surface area contributed by atoms with Crippen LogP contribution < -0.4 is 9.47 Å². The molecule has 4 rings (SSSR count). The number of ether oxygens (including phenoxy) is 2. The average Bonchev–Trinajstić information content (AvgIpc) is 2.82. The predicted octanol–water partition coefficient (Wildman–Crippen LogP) is 6.98. The third-order valence-electron chi connectivity index (χ3n) is 5.35. The highest BCUT2D eigenvalue weighted by Gasteiger charge is 2.31. The Bertz CT molecular complexity index is 1120. The zero-order chi connectivity index (χ0) is 22.5. The van der Waals surface area contributed by atoms with Crippen LogP contribution in [-0.2, 0) is 0 Å². The Balaban J connectivity index is 1.99. The van der Waals surface area contributed by atoms with E-state index < -0.39 is 0 Å². The molecule has 0 unspecified atom stereocenters. The summed E-state index contributed by atoms with van der Waals surface area (Å²) in [5, 5.41) is 0. The molecule has 0 fully saturated rings. The molecule has 6 heteroatoms. The summed E-state index contributed by atoms with van der Waals surface area (Å²) < 4.78 is 12.7. The maximum Gasteiger partial charge on any atom is 0.119 e. The van der Waals surface area contributed by atoms with Crippen molar-refractivity contribution in [3.8, 4) is 11.5 Å². The summed E-state index contributed by atoms with van der Waals surface area (Å²) >= 11 is 7.10. The van der Waals surface area contributed by atoms with Gasteiger partial charge in [-0.2, -0.15) is 0 Å². The van der Waals surface area contributed by atoms with Gasteiger partial charge in [0.1, 0.15) is 20.7 Å². The van der Waals surface area contributed by atoms with E-state index in [1.165, 1.54) is 0 Å². The quantitative estimate of drug-likeness (QED) is 0.231. The second-order valence-corrected chi connectivity index (χ2v) is 8.90. The number of pyridine rings is 2. The minimum Gasteiger partial charge on any atom is -0.497 e. The molecule has 0 aliphatic rings. The van der Waals surface area contributed by atoms with E-state index in [0.717, 1.165) is 43.2 Å². The summed E-state index contributed by atoms with van der Waals surface area (Å²) in [7, 11) is 3.36. The van der Waals surface area contributed by atoms with Gasteiger partial charge in [0.05, 0.1) is 25.6 Å². The van der Waals surface area contributed by atoms with Gasteiger partial charge < -0.3 is 9.47 Å². The lowest BCUT2D eigenvalue weighted by atomic mass is 9.77. The zero-order valence-corrected chi connectivity index (χ0v) is 20.9. The first-order valence-electron chi connectivity index (χ1n) is 10.1. The van der Waals surface area contributed by atoms with Crippen molar-refractivity contribution >= 4 is 31.9 Å². The Morgan fingerprint density at radius 2 is 1.00 bits per heavy atom. The highest BCUT2D eigenvalue weighted by atomic mass is 79.9. The summed E-state index contributed by atoms with van der Waals surface area (Å²) in [5.74, 6) is 1.37. The van der Waals surface area contributed by atoms with Crippen LogP contribution in [0.4, 0.5) is 0 Å². The smallest absolute Gasteiger partial charge is 0.119 e. The molecule has 4 nitrogen and oxygen atoms in total. The van der Waals surface area contributed by atoms with E-state index in [2.05, 4.69) is 68.3 Å². The Morgan fingerprint density at radius 3 is 1.38 bits per heavy atom. The number of benzene rings is 2. The van der Waals surface area contributed by atoms with Gasteiger partial charge in [-0.1, -0.05) is 36.4 Å². The Morgan fingerprint density at radius 1 is 0.594 bits per heavy atom. The number of methoxy groups -OCH3 is 2. The third-order valence-corrected chi connectivity index (χ3v) is 6.23. The van der Waals surface area contributed by atoms with E-state index in [1.54, 1.807) is 14.2 Å². The molecule has 0 amide bonds. The normalized spacial score (nSPS) is 12.8. The van der Waals surface area contributed by atoms with E-state index in [9.17, 15) is 0 Å². The standard InChI is InChI=1S/C26H22Br2N2O2/c1-31-19-9-3-7-17(15-19)25(21-11-5-13-23(27)29-21)26(22-12-6-14-24(28)30-22)18-8-4-10-20(16-18)32-2/h3-16,25-26H,1-2H3/t25-,26-/m1/s1. The van der Waals surface area contributed by atoms with Crippen molar-refractivity contribution in [2.24, 2.45) is 0 Å². The number of rotatable bonds is 7. The molecule has 2 atom stereocenters. The van der Waals surface area contributed by atoms with E-state index >= 15 is 0 Å². The summed E-state index contributed by atoms with van der Waals surface area (Å²) in [5.41, 5.74) is 4.04. The summed E-state index contributed by atoms with van der Waals surface area (Å²) in [6, 6.07) is 28.3. The zero-order valence-electron chi connectivity index (χ0n) is 17.7. The fraction of sp³-hybridized carbons (Fsp3) is 0.154. The minimum absolute atomic E-state index is 0.114. The van der Waals surface area contributed by atoms with Gasteiger partial charge in [0, 0.05) is 11.8 Å². The highest BCUT2D eigenvalue weighted by Crippen LogP contribution is 2.43. The molecule has 2 aromatic heterocycles. The van der Waals surface area contributed by atoms with Crippen LogP contribution in [0.3, 0.4) is 0 Å². The number of aromatic nitrogens is 2. The lowest BCUT2D eigenvalue weighted by molar-refractivity contribution is 0.412. The van der Waals surface area contributed by atoms with E-state index in [0.29, 0.717) is 0 Å². The summed E-state index contributed by atoms with van der Waals surface area (Å²) in [6.07, 6.45) is 0. The average molecular weight is 554 g/mol. The van der Waals surface area contributed by atoms with Crippen LogP contribution in [0, 0.1) is 0 Å². The second-order valence-electron chi connectivity index (χ2n) is 7.28. The Kier molecular flexibility index (Phi) is 7.22. The first-order valence-corrected chi connectivity index (χ1v) is 11.7. The van der Waals surface area contributed by atoms with Crippen molar-refractivity contribution in [3.05, 3.63) is 117 Å². The van der Waals surface area contributed by atoms with Gasteiger partial charge in [-0.3, -0.25) is 0 Å². The predicted molar refractivity (Wildman–Crippen MR) is 134 cm³/mol. The van der Waals surface area contributed by atoms with Gasteiger partial charge in [0.15, 0.2) is 0 Å². The number of nitrogens with zero attached hydrogens (tertiary/aromatic N) is 2. The lowest BCUT2D eigenvalue weighted by Gasteiger charge is -2.28. The molecule has 0 aliphatic carbocycles. The number of halogens is 2. The van der Waals surface area contributed by atoms with Crippen molar-refractivity contribution in [3.63, 3.8) is 0 Å². The number of hydrogen-bond donors (Lipinski definition) is 0. The fourth-order valence-corrected chi connectivity index (χ4v) is 4.65. The molecule has 0 N–H and O–H groups in total. The molecule has 32 heavy (non-hydrogen) atoms. The highest BCUT2D eigenvalue weighted by molar-refractivity contribution is 9.10. The molecular weight excluding hydrogens is 532 g/mol. The van der Waals surface area contributed by atoms with Crippen LogP contribution in [0.25, 0.3) is 0 Å². The van der Waals surface area contributed by atoms with Crippen LogP contribution in [0.15, 0.2) is 94.1 Å². The molecule has 0 saturated heterocycles. The molecule has 4 aromatic rings. The van der Waals surface area contributed by atoms with Crippen molar-refractivity contribution in [2.45, 2.75) is 11.8 Å². The maximum absolute atomic E-state index is 5.54. The topological polar surface area (TPSA) is 44.2 Å². The van der Waals surface area contributed by atoms with E-state index in [-0.39, 0.29) is 11.8 Å². The van der Waals surface area contributed by atoms with Crippen LogP contribution >= 0.6 is 31.9 Å². The van der Waals surface area contributed by atoms with E-state index in [4.69, 9.17) is 19.4 Å². The van der Waals surface area contributed by atoms with Gasteiger partial charge in [-0.25, -0.2) is 9.97 Å². The van der Waals surface area contributed by atoms with Gasteiger partial charge in [-0.15, -0.1) is 0 Å². The Labute approximate surface area is 204 Å². The fourth-order valence-electron chi connectivity index (χ4n) is 3.93. The maximum atomic E-state index is 5.54.